The molecule has 0 N–H and O–H groups in total. The van der Waals surface area contributed by atoms with E-state index in [1.807, 2.05) is 36.4 Å². The largest absolute Gasteiger partial charge is 0.294 e. The third-order valence-electron chi connectivity index (χ3n) is 4.76. The second-order valence-corrected chi connectivity index (χ2v) is 6.46. The second kappa shape index (κ2) is 6.93. The summed E-state index contributed by atoms with van der Waals surface area (Å²) in [5.41, 5.74) is 5.09. The minimum Gasteiger partial charge on any atom is -0.294 e. The highest BCUT2D eigenvalue weighted by molar-refractivity contribution is 6.29. The summed E-state index contributed by atoms with van der Waals surface area (Å²) in [6, 6.07) is 25.3. The molecule has 2 heteroatoms. The lowest BCUT2D eigenvalue weighted by atomic mass is 9.96. The molecular formula is C24H18O2. The number of rotatable bonds is 3. The SMILES string of the molecule is O=C1CCc2ccc(-c3ccccc3)cc2C=C1C(=O)c1ccccc1. The van der Waals surface area contributed by atoms with Crippen molar-refractivity contribution in [1.29, 1.82) is 0 Å². The monoisotopic (exact) mass is 338 g/mol. The lowest BCUT2D eigenvalue weighted by Crippen LogP contribution is -2.12. The predicted molar refractivity (Wildman–Crippen MR) is 104 cm³/mol. The van der Waals surface area contributed by atoms with E-state index in [1.165, 1.54) is 0 Å². The van der Waals surface area contributed by atoms with E-state index in [0.717, 1.165) is 22.3 Å². The van der Waals surface area contributed by atoms with Gasteiger partial charge in [0.2, 0.25) is 0 Å². The molecule has 26 heavy (non-hydrogen) atoms. The molecule has 0 saturated heterocycles. The second-order valence-electron chi connectivity index (χ2n) is 6.46. The molecule has 0 aliphatic heterocycles. The van der Waals surface area contributed by atoms with Gasteiger partial charge in [0.05, 0.1) is 5.57 Å². The van der Waals surface area contributed by atoms with Crippen LogP contribution in [0.1, 0.15) is 27.9 Å². The van der Waals surface area contributed by atoms with Crippen LogP contribution in [0.15, 0.2) is 84.4 Å². The Hall–Kier alpha value is -3.26. The highest BCUT2D eigenvalue weighted by atomic mass is 16.1. The van der Waals surface area contributed by atoms with Crippen LogP contribution in [0.25, 0.3) is 17.2 Å². The maximum absolute atomic E-state index is 12.8. The molecule has 1 aliphatic rings. The Morgan fingerprint density at radius 3 is 2.15 bits per heavy atom. The van der Waals surface area contributed by atoms with Crippen molar-refractivity contribution < 1.29 is 9.59 Å². The van der Waals surface area contributed by atoms with Gasteiger partial charge in [-0.15, -0.1) is 0 Å². The van der Waals surface area contributed by atoms with Crippen LogP contribution < -0.4 is 0 Å². The molecule has 0 amide bonds. The topological polar surface area (TPSA) is 34.1 Å². The number of fused-ring (bicyclic) bond motifs is 1. The smallest absolute Gasteiger partial charge is 0.196 e. The van der Waals surface area contributed by atoms with Crippen molar-refractivity contribution in [2.24, 2.45) is 0 Å². The summed E-state index contributed by atoms with van der Waals surface area (Å²) in [7, 11) is 0. The van der Waals surface area contributed by atoms with Crippen LogP contribution in [0.2, 0.25) is 0 Å². The van der Waals surface area contributed by atoms with Crippen LogP contribution >= 0.6 is 0 Å². The van der Waals surface area contributed by atoms with Gasteiger partial charge in [-0.25, -0.2) is 0 Å². The fraction of sp³-hybridized carbons (Fsp3) is 0.0833. The first kappa shape index (κ1) is 16.2. The van der Waals surface area contributed by atoms with Crippen LogP contribution in [-0.4, -0.2) is 11.6 Å². The fourth-order valence-electron chi connectivity index (χ4n) is 3.32. The number of ketones is 2. The zero-order chi connectivity index (χ0) is 17.9. The van der Waals surface area contributed by atoms with Gasteiger partial charge < -0.3 is 0 Å². The molecule has 0 unspecified atom stereocenters. The summed E-state index contributed by atoms with van der Waals surface area (Å²) in [6.07, 6.45) is 2.79. The molecule has 0 heterocycles. The number of hydrogen-bond donors (Lipinski definition) is 0. The number of allylic oxidation sites excluding steroid dienone is 1. The normalized spacial score (nSPS) is 13.5. The van der Waals surface area contributed by atoms with E-state index in [0.29, 0.717) is 18.4 Å². The van der Waals surface area contributed by atoms with Gasteiger partial charge in [-0.2, -0.15) is 0 Å². The minimum absolute atomic E-state index is 0.0867. The molecule has 4 rings (SSSR count). The number of hydrogen-bond acceptors (Lipinski definition) is 2. The molecule has 0 saturated carbocycles. The van der Waals surface area contributed by atoms with Gasteiger partial charge in [0.1, 0.15) is 0 Å². The first-order chi connectivity index (χ1) is 12.7. The Kier molecular flexibility index (Phi) is 4.32. The molecule has 1 aliphatic carbocycles. The molecule has 0 aromatic heterocycles. The Morgan fingerprint density at radius 1 is 0.731 bits per heavy atom. The molecule has 0 fully saturated rings. The van der Waals surface area contributed by atoms with E-state index >= 15 is 0 Å². The van der Waals surface area contributed by atoms with Gasteiger partial charge in [-0.3, -0.25) is 9.59 Å². The van der Waals surface area contributed by atoms with Gasteiger partial charge in [0, 0.05) is 12.0 Å². The number of carbonyl (C=O) groups excluding carboxylic acids is 2. The molecule has 3 aromatic rings. The third kappa shape index (κ3) is 3.14. The van der Waals surface area contributed by atoms with Crippen LogP contribution in [0.5, 0.6) is 0 Å². The van der Waals surface area contributed by atoms with Crippen LogP contribution in [-0.2, 0) is 11.2 Å². The van der Waals surface area contributed by atoms with Crippen molar-refractivity contribution in [1.82, 2.24) is 0 Å². The number of aryl methyl sites for hydroxylation is 1. The fourth-order valence-corrected chi connectivity index (χ4v) is 3.32. The van der Waals surface area contributed by atoms with Crippen molar-refractivity contribution in [3.63, 3.8) is 0 Å². The maximum atomic E-state index is 12.8. The van der Waals surface area contributed by atoms with E-state index < -0.39 is 0 Å². The number of benzene rings is 3. The van der Waals surface area contributed by atoms with Crippen molar-refractivity contribution in [3.05, 3.63) is 101 Å². The summed E-state index contributed by atoms with van der Waals surface area (Å²) in [6.45, 7) is 0. The average Bonchev–Trinajstić information content (AvgIpc) is 2.87. The molecule has 0 radical (unpaired) electrons. The summed E-state index contributed by atoms with van der Waals surface area (Å²) in [4.78, 5) is 25.4. The van der Waals surface area contributed by atoms with Gasteiger partial charge in [-0.05, 0) is 40.8 Å². The van der Waals surface area contributed by atoms with Crippen LogP contribution in [0.4, 0.5) is 0 Å². The Labute approximate surface area is 152 Å². The average molecular weight is 338 g/mol. The van der Waals surface area contributed by atoms with E-state index in [1.54, 1.807) is 18.2 Å². The molecule has 0 bridgehead atoms. The molecule has 0 spiro atoms. The summed E-state index contributed by atoms with van der Waals surface area (Å²) >= 11 is 0. The van der Waals surface area contributed by atoms with Gasteiger partial charge >= 0.3 is 0 Å². The lowest BCUT2D eigenvalue weighted by Gasteiger charge is -2.07. The zero-order valence-corrected chi connectivity index (χ0v) is 14.3. The highest BCUT2D eigenvalue weighted by Crippen LogP contribution is 2.28. The highest BCUT2D eigenvalue weighted by Gasteiger charge is 2.23. The lowest BCUT2D eigenvalue weighted by molar-refractivity contribution is -0.115. The van der Waals surface area contributed by atoms with Crippen LogP contribution in [0, 0.1) is 0 Å². The zero-order valence-electron chi connectivity index (χ0n) is 14.3. The summed E-state index contributed by atoms with van der Waals surface area (Å²) < 4.78 is 0. The van der Waals surface area contributed by atoms with Crippen molar-refractivity contribution in [2.45, 2.75) is 12.8 Å². The molecule has 3 aromatic carbocycles. The first-order valence-corrected chi connectivity index (χ1v) is 8.75. The Balaban J connectivity index is 1.79. The number of Topliss-reactive ketones (excluding diaryl/α,β-unsaturated/α-hetero) is 2. The quantitative estimate of drug-likeness (QED) is 0.490. The molecule has 126 valence electrons. The van der Waals surface area contributed by atoms with Crippen LogP contribution in [0.3, 0.4) is 0 Å². The summed E-state index contributed by atoms with van der Waals surface area (Å²) in [5, 5.41) is 0. The molecular weight excluding hydrogens is 320 g/mol. The summed E-state index contributed by atoms with van der Waals surface area (Å²) in [5.74, 6) is -0.287. The predicted octanol–water partition coefficient (Wildman–Crippen LogP) is 5.14. The first-order valence-electron chi connectivity index (χ1n) is 8.75. The van der Waals surface area contributed by atoms with Crippen molar-refractivity contribution in [2.75, 3.05) is 0 Å². The van der Waals surface area contributed by atoms with Gasteiger partial charge in [0.15, 0.2) is 11.6 Å². The molecule has 0 atom stereocenters. The maximum Gasteiger partial charge on any atom is 0.196 e. The molecule has 2 nitrogen and oxygen atoms in total. The van der Waals surface area contributed by atoms with Gasteiger partial charge in [0.25, 0.3) is 0 Å². The van der Waals surface area contributed by atoms with Crippen molar-refractivity contribution >= 4 is 17.6 Å². The van der Waals surface area contributed by atoms with Gasteiger partial charge in [-0.1, -0.05) is 72.8 Å². The number of carbonyl (C=O) groups is 2. The Bertz CT molecular complexity index is 999. The van der Waals surface area contributed by atoms with E-state index in [-0.39, 0.29) is 17.1 Å². The Morgan fingerprint density at radius 2 is 1.42 bits per heavy atom. The van der Waals surface area contributed by atoms with E-state index in [4.69, 9.17) is 0 Å². The van der Waals surface area contributed by atoms with Crippen molar-refractivity contribution in [3.8, 4) is 11.1 Å². The minimum atomic E-state index is -0.200. The van der Waals surface area contributed by atoms with E-state index in [9.17, 15) is 9.59 Å². The third-order valence-corrected chi connectivity index (χ3v) is 4.76. The standard InChI is InChI=1S/C24H18O2/c25-23-14-13-18-11-12-20(17-7-3-1-4-8-17)15-21(18)16-22(23)24(26)19-9-5-2-6-10-19/h1-12,15-16H,13-14H2. The van der Waals surface area contributed by atoms with E-state index in [2.05, 4.69) is 30.3 Å².